The number of carbonyl (C=O) groups is 2. The van der Waals surface area contributed by atoms with Crippen molar-refractivity contribution in [3.8, 4) is 5.69 Å². The van der Waals surface area contributed by atoms with Crippen LogP contribution in [0.4, 0.5) is 0 Å². The Morgan fingerprint density at radius 3 is 2.77 bits per heavy atom. The van der Waals surface area contributed by atoms with Gasteiger partial charge in [0.15, 0.2) is 6.10 Å². The van der Waals surface area contributed by atoms with Crippen molar-refractivity contribution in [1.82, 2.24) is 14.7 Å². The summed E-state index contributed by atoms with van der Waals surface area (Å²) in [5, 5.41) is 13.2. The number of benzene rings is 1. The number of hydrogen-bond donors (Lipinski definition) is 1. The molecule has 1 aliphatic rings. The molecule has 0 radical (unpaired) electrons. The third-order valence-electron chi connectivity index (χ3n) is 3.48. The number of carbonyl (C=O) groups excluding carboxylic acids is 1. The van der Waals surface area contributed by atoms with Gasteiger partial charge in [-0.2, -0.15) is 5.10 Å². The Kier molecular flexibility index (Phi) is 3.88. The molecule has 2 heterocycles. The van der Waals surface area contributed by atoms with E-state index in [4.69, 9.17) is 9.84 Å². The Morgan fingerprint density at radius 1 is 1.27 bits per heavy atom. The van der Waals surface area contributed by atoms with Crippen LogP contribution in [-0.4, -0.2) is 57.5 Å². The van der Waals surface area contributed by atoms with Crippen molar-refractivity contribution in [2.75, 3.05) is 19.7 Å². The zero-order valence-corrected chi connectivity index (χ0v) is 11.8. The van der Waals surface area contributed by atoms with E-state index in [1.807, 2.05) is 30.3 Å². The van der Waals surface area contributed by atoms with Gasteiger partial charge in [0, 0.05) is 12.7 Å². The second-order valence-corrected chi connectivity index (χ2v) is 4.96. The number of ether oxygens (including phenoxy) is 1. The number of hydrogen-bond acceptors (Lipinski definition) is 4. The minimum Gasteiger partial charge on any atom is -0.479 e. The zero-order chi connectivity index (χ0) is 15.5. The van der Waals surface area contributed by atoms with Gasteiger partial charge in [-0.25, -0.2) is 9.48 Å². The van der Waals surface area contributed by atoms with Gasteiger partial charge in [0.05, 0.1) is 30.6 Å². The molecule has 0 spiro atoms. The maximum Gasteiger partial charge on any atom is 0.334 e. The molecule has 0 saturated carbocycles. The second-order valence-electron chi connectivity index (χ2n) is 4.96. The number of nitrogens with zero attached hydrogens (tertiary/aromatic N) is 3. The molecule has 1 unspecified atom stereocenters. The predicted molar refractivity (Wildman–Crippen MR) is 76.8 cm³/mol. The van der Waals surface area contributed by atoms with E-state index in [0.29, 0.717) is 12.1 Å². The van der Waals surface area contributed by atoms with Gasteiger partial charge in [-0.1, -0.05) is 18.2 Å². The summed E-state index contributed by atoms with van der Waals surface area (Å²) in [6.45, 7) is 0.638. The van der Waals surface area contributed by atoms with E-state index < -0.39 is 12.1 Å². The lowest BCUT2D eigenvalue weighted by Crippen LogP contribution is -2.48. The van der Waals surface area contributed by atoms with Crippen molar-refractivity contribution in [2.24, 2.45) is 0 Å². The van der Waals surface area contributed by atoms with Crippen LogP contribution in [0.1, 0.15) is 10.4 Å². The summed E-state index contributed by atoms with van der Waals surface area (Å²) >= 11 is 0. The molecule has 1 aromatic carbocycles. The van der Waals surface area contributed by atoms with Crippen LogP contribution >= 0.6 is 0 Å². The number of para-hydroxylation sites is 1. The molecular weight excluding hydrogens is 286 g/mol. The number of amides is 1. The summed E-state index contributed by atoms with van der Waals surface area (Å²) in [4.78, 5) is 24.9. The van der Waals surface area contributed by atoms with E-state index in [-0.39, 0.29) is 19.1 Å². The Morgan fingerprint density at radius 2 is 2.05 bits per heavy atom. The normalized spacial score (nSPS) is 18.2. The standard InChI is InChI=1S/C15H15N3O4/c19-14(17-6-7-22-13(10-17)15(20)21)11-8-16-18(9-11)12-4-2-1-3-5-12/h1-5,8-9,13H,6-7,10H2,(H,20,21). The summed E-state index contributed by atoms with van der Waals surface area (Å²) in [7, 11) is 0. The van der Waals surface area contributed by atoms with E-state index in [1.54, 1.807) is 10.9 Å². The summed E-state index contributed by atoms with van der Waals surface area (Å²) in [6, 6.07) is 9.45. The van der Waals surface area contributed by atoms with Gasteiger partial charge in [0.25, 0.3) is 5.91 Å². The van der Waals surface area contributed by atoms with Crippen LogP contribution in [0.5, 0.6) is 0 Å². The van der Waals surface area contributed by atoms with Gasteiger partial charge in [-0.3, -0.25) is 4.79 Å². The van der Waals surface area contributed by atoms with Crippen LogP contribution in [0.15, 0.2) is 42.7 Å². The molecule has 0 bridgehead atoms. The SMILES string of the molecule is O=C(O)C1CN(C(=O)c2cnn(-c3ccccc3)c2)CCO1. The molecule has 0 aliphatic carbocycles. The molecule has 3 rings (SSSR count). The van der Waals surface area contributed by atoms with Crippen LogP contribution < -0.4 is 0 Å². The molecule has 1 atom stereocenters. The van der Waals surface area contributed by atoms with Crippen LogP contribution in [-0.2, 0) is 9.53 Å². The number of aromatic nitrogens is 2. The van der Waals surface area contributed by atoms with Crippen molar-refractivity contribution in [3.05, 3.63) is 48.3 Å². The van der Waals surface area contributed by atoms with Crippen molar-refractivity contribution in [3.63, 3.8) is 0 Å². The van der Waals surface area contributed by atoms with Gasteiger partial charge in [0.2, 0.25) is 0 Å². The number of aliphatic carboxylic acids is 1. The molecule has 7 nitrogen and oxygen atoms in total. The topological polar surface area (TPSA) is 84.7 Å². The highest BCUT2D eigenvalue weighted by Crippen LogP contribution is 2.13. The number of rotatable bonds is 3. The second kappa shape index (κ2) is 5.98. The molecule has 1 amide bonds. The highest BCUT2D eigenvalue weighted by molar-refractivity contribution is 5.94. The largest absolute Gasteiger partial charge is 0.479 e. The van der Waals surface area contributed by atoms with Crippen molar-refractivity contribution < 1.29 is 19.4 Å². The average Bonchev–Trinajstić information content (AvgIpc) is 3.05. The van der Waals surface area contributed by atoms with E-state index in [9.17, 15) is 9.59 Å². The predicted octanol–water partition coefficient (Wildman–Crippen LogP) is 0.798. The van der Waals surface area contributed by atoms with Crippen LogP contribution in [0.2, 0.25) is 0 Å². The summed E-state index contributed by atoms with van der Waals surface area (Å²) in [6.07, 6.45) is 2.16. The van der Waals surface area contributed by atoms with Gasteiger partial charge < -0.3 is 14.7 Å². The van der Waals surface area contributed by atoms with Crippen molar-refractivity contribution in [2.45, 2.75) is 6.10 Å². The van der Waals surface area contributed by atoms with E-state index >= 15 is 0 Å². The molecule has 1 aromatic heterocycles. The lowest BCUT2D eigenvalue weighted by atomic mass is 10.2. The molecule has 1 N–H and O–H groups in total. The van der Waals surface area contributed by atoms with E-state index in [0.717, 1.165) is 5.69 Å². The van der Waals surface area contributed by atoms with Crippen molar-refractivity contribution >= 4 is 11.9 Å². The first-order valence-corrected chi connectivity index (χ1v) is 6.89. The smallest absolute Gasteiger partial charge is 0.334 e. The molecule has 1 aliphatic heterocycles. The first kappa shape index (κ1) is 14.3. The molecule has 2 aromatic rings. The first-order valence-electron chi connectivity index (χ1n) is 6.89. The maximum absolute atomic E-state index is 12.4. The minimum absolute atomic E-state index is 0.0463. The van der Waals surface area contributed by atoms with Crippen LogP contribution in [0.25, 0.3) is 5.69 Å². The Balaban J connectivity index is 1.76. The third kappa shape index (κ3) is 2.84. The van der Waals surface area contributed by atoms with E-state index in [2.05, 4.69) is 5.10 Å². The monoisotopic (exact) mass is 301 g/mol. The fourth-order valence-corrected chi connectivity index (χ4v) is 2.32. The van der Waals surface area contributed by atoms with Crippen LogP contribution in [0, 0.1) is 0 Å². The van der Waals surface area contributed by atoms with Gasteiger partial charge >= 0.3 is 5.97 Å². The quantitative estimate of drug-likeness (QED) is 0.906. The number of carboxylic acids is 1. The molecule has 1 fully saturated rings. The van der Waals surface area contributed by atoms with Gasteiger partial charge in [-0.05, 0) is 12.1 Å². The molecular formula is C15H15N3O4. The summed E-state index contributed by atoms with van der Waals surface area (Å²) < 4.78 is 6.73. The zero-order valence-electron chi connectivity index (χ0n) is 11.8. The van der Waals surface area contributed by atoms with E-state index in [1.165, 1.54) is 11.1 Å². The Bertz CT molecular complexity index is 683. The number of carboxylic acid groups (broad SMARTS) is 1. The maximum atomic E-state index is 12.4. The number of morpholine rings is 1. The Hall–Kier alpha value is -2.67. The van der Waals surface area contributed by atoms with Crippen molar-refractivity contribution in [1.29, 1.82) is 0 Å². The lowest BCUT2D eigenvalue weighted by molar-refractivity contribution is -0.154. The third-order valence-corrected chi connectivity index (χ3v) is 3.48. The van der Waals surface area contributed by atoms with Gasteiger partial charge in [0.1, 0.15) is 0 Å². The van der Waals surface area contributed by atoms with Gasteiger partial charge in [-0.15, -0.1) is 0 Å². The first-order chi connectivity index (χ1) is 10.6. The highest BCUT2D eigenvalue weighted by Gasteiger charge is 2.29. The fraction of sp³-hybridized carbons (Fsp3) is 0.267. The molecule has 114 valence electrons. The molecule has 7 heteroatoms. The highest BCUT2D eigenvalue weighted by atomic mass is 16.5. The summed E-state index contributed by atoms with van der Waals surface area (Å²) in [5.41, 5.74) is 1.28. The minimum atomic E-state index is -1.06. The fourth-order valence-electron chi connectivity index (χ4n) is 2.32. The van der Waals surface area contributed by atoms with Crippen LogP contribution in [0.3, 0.4) is 0 Å². The Labute approximate surface area is 126 Å². The average molecular weight is 301 g/mol. The summed E-state index contributed by atoms with van der Waals surface area (Å²) in [5.74, 6) is -1.30. The molecule has 1 saturated heterocycles. The molecule has 22 heavy (non-hydrogen) atoms. The lowest BCUT2D eigenvalue weighted by Gasteiger charge is -2.30.